The minimum atomic E-state index is -0.281. The molecule has 5 heteroatoms. The monoisotopic (exact) mass is 302 g/mol. The van der Waals surface area contributed by atoms with Crippen molar-refractivity contribution in [1.82, 2.24) is 10.6 Å². The van der Waals surface area contributed by atoms with Crippen molar-refractivity contribution in [3.05, 3.63) is 34.1 Å². The largest absolute Gasteiger partial charge is 0.353 e. The summed E-state index contributed by atoms with van der Waals surface area (Å²) < 4.78 is 14.1. The van der Waals surface area contributed by atoms with Gasteiger partial charge in [-0.15, -0.1) is 0 Å². The van der Waals surface area contributed by atoms with Crippen LogP contribution in [0.4, 0.5) is 4.39 Å². The van der Waals surface area contributed by atoms with Crippen LogP contribution in [0.1, 0.15) is 19.4 Å². The number of carbonyl (C=O) groups is 1. The van der Waals surface area contributed by atoms with Gasteiger partial charge in [-0.05, 0) is 26.0 Å². The minimum Gasteiger partial charge on any atom is -0.353 e. The molecule has 0 bridgehead atoms. The Morgan fingerprint density at radius 2 is 2.18 bits per heavy atom. The average molecular weight is 303 g/mol. The van der Waals surface area contributed by atoms with Gasteiger partial charge in [0.1, 0.15) is 5.82 Å². The molecule has 0 aromatic heterocycles. The Hall–Kier alpha value is -0.940. The number of benzene rings is 1. The van der Waals surface area contributed by atoms with E-state index in [1.807, 2.05) is 13.8 Å². The van der Waals surface area contributed by atoms with Crippen LogP contribution >= 0.6 is 15.9 Å². The Bertz CT molecular complexity index is 396. The predicted molar refractivity (Wildman–Crippen MR) is 69.1 cm³/mol. The number of amides is 1. The fourth-order valence-electron chi connectivity index (χ4n) is 1.35. The van der Waals surface area contributed by atoms with Gasteiger partial charge in [-0.2, -0.15) is 0 Å². The number of carbonyl (C=O) groups excluding carboxylic acids is 1. The molecule has 1 amide bonds. The lowest BCUT2D eigenvalue weighted by Gasteiger charge is -2.09. The smallest absolute Gasteiger partial charge is 0.234 e. The molecule has 0 saturated carbocycles. The van der Waals surface area contributed by atoms with E-state index in [-0.39, 0.29) is 24.3 Å². The minimum absolute atomic E-state index is 0.0856. The van der Waals surface area contributed by atoms with Crippen LogP contribution < -0.4 is 10.6 Å². The number of hydrogen-bond donors (Lipinski definition) is 2. The van der Waals surface area contributed by atoms with Gasteiger partial charge in [0.05, 0.1) is 6.54 Å². The maximum atomic E-state index is 13.4. The second-order valence-corrected chi connectivity index (χ2v) is 4.98. The molecule has 2 N–H and O–H groups in total. The van der Waals surface area contributed by atoms with Crippen molar-refractivity contribution in [2.45, 2.75) is 26.4 Å². The van der Waals surface area contributed by atoms with E-state index in [1.54, 1.807) is 12.1 Å². The number of hydrogen-bond acceptors (Lipinski definition) is 2. The van der Waals surface area contributed by atoms with Crippen LogP contribution in [-0.4, -0.2) is 18.5 Å². The van der Waals surface area contributed by atoms with Crippen molar-refractivity contribution < 1.29 is 9.18 Å². The van der Waals surface area contributed by atoms with Crippen molar-refractivity contribution >= 4 is 21.8 Å². The maximum absolute atomic E-state index is 13.4. The second kappa shape index (κ2) is 6.71. The van der Waals surface area contributed by atoms with E-state index in [1.165, 1.54) is 6.07 Å². The summed E-state index contributed by atoms with van der Waals surface area (Å²) in [7, 11) is 0. The molecule has 1 aromatic carbocycles. The summed E-state index contributed by atoms with van der Waals surface area (Å²) in [4.78, 5) is 11.3. The lowest BCUT2D eigenvalue weighted by Crippen LogP contribution is -2.37. The highest BCUT2D eigenvalue weighted by Crippen LogP contribution is 2.14. The van der Waals surface area contributed by atoms with Crippen LogP contribution in [0.2, 0.25) is 0 Å². The van der Waals surface area contributed by atoms with Gasteiger partial charge in [0.15, 0.2) is 0 Å². The molecule has 0 fully saturated rings. The molecule has 17 heavy (non-hydrogen) atoms. The Labute approximate surface area is 109 Å². The molecule has 0 radical (unpaired) electrons. The SMILES string of the molecule is CC(C)NC(=O)CNCc1ccc(Br)cc1F. The lowest BCUT2D eigenvalue weighted by molar-refractivity contribution is -0.120. The fourth-order valence-corrected chi connectivity index (χ4v) is 1.68. The molecule has 3 nitrogen and oxygen atoms in total. The van der Waals surface area contributed by atoms with Crippen molar-refractivity contribution in [3.63, 3.8) is 0 Å². The molecule has 0 saturated heterocycles. The predicted octanol–water partition coefficient (Wildman–Crippen LogP) is 2.20. The van der Waals surface area contributed by atoms with Crippen LogP contribution in [0.3, 0.4) is 0 Å². The summed E-state index contributed by atoms with van der Waals surface area (Å²) in [6.07, 6.45) is 0. The first-order valence-electron chi connectivity index (χ1n) is 5.43. The van der Waals surface area contributed by atoms with E-state index in [0.717, 1.165) is 0 Å². The van der Waals surface area contributed by atoms with Crippen molar-refractivity contribution in [1.29, 1.82) is 0 Å². The number of rotatable bonds is 5. The molecule has 0 heterocycles. The molecular formula is C12H16BrFN2O. The van der Waals surface area contributed by atoms with Gasteiger partial charge in [0, 0.05) is 22.6 Å². The first-order chi connectivity index (χ1) is 7.99. The van der Waals surface area contributed by atoms with Crippen LogP contribution in [0.25, 0.3) is 0 Å². The summed E-state index contributed by atoms with van der Waals surface area (Å²) in [6.45, 7) is 4.32. The van der Waals surface area contributed by atoms with E-state index in [4.69, 9.17) is 0 Å². The summed E-state index contributed by atoms with van der Waals surface area (Å²) in [5.74, 6) is -0.367. The fraction of sp³-hybridized carbons (Fsp3) is 0.417. The van der Waals surface area contributed by atoms with Gasteiger partial charge in [0.25, 0.3) is 0 Å². The van der Waals surface area contributed by atoms with Crippen LogP contribution in [-0.2, 0) is 11.3 Å². The topological polar surface area (TPSA) is 41.1 Å². The molecule has 0 unspecified atom stereocenters. The van der Waals surface area contributed by atoms with E-state index < -0.39 is 0 Å². The third-order valence-corrected chi connectivity index (χ3v) is 2.56. The van der Waals surface area contributed by atoms with Crippen molar-refractivity contribution in [2.75, 3.05) is 6.54 Å². The van der Waals surface area contributed by atoms with E-state index >= 15 is 0 Å². The van der Waals surface area contributed by atoms with E-state index in [9.17, 15) is 9.18 Å². The van der Waals surface area contributed by atoms with Crippen molar-refractivity contribution in [3.8, 4) is 0 Å². The molecule has 0 aliphatic carbocycles. The first kappa shape index (κ1) is 14.1. The highest BCUT2D eigenvalue weighted by molar-refractivity contribution is 9.10. The zero-order valence-corrected chi connectivity index (χ0v) is 11.5. The molecule has 0 spiro atoms. The van der Waals surface area contributed by atoms with Gasteiger partial charge in [-0.1, -0.05) is 22.0 Å². The Kier molecular flexibility index (Phi) is 5.58. The van der Waals surface area contributed by atoms with Gasteiger partial charge < -0.3 is 10.6 Å². The van der Waals surface area contributed by atoms with Crippen molar-refractivity contribution in [2.24, 2.45) is 0 Å². The molecule has 1 rings (SSSR count). The summed E-state index contributed by atoms with van der Waals surface area (Å²) in [6, 6.07) is 4.99. The first-order valence-corrected chi connectivity index (χ1v) is 6.22. The summed E-state index contributed by atoms with van der Waals surface area (Å²) >= 11 is 3.19. The van der Waals surface area contributed by atoms with Gasteiger partial charge in [0.2, 0.25) is 5.91 Å². The molecule has 0 aliphatic heterocycles. The summed E-state index contributed by atoms with van der Waals surface area (Å²) in [5.41, 5.74) is 0.547. The highest BCUT2D eigenvalue weighted by Gasteiger charge is 2.05. The van der Waals surface area contributed by atoms with Gasteiger partial charge in [-0.3, -0.25) is 4.79 Å². The molecular weight excluding hydrogens is 287 g/mol. The van der Waals surface area contributed by atoms with E-state index in [2.05, 4.69) is 26.6 Å². The van der Waals surface area contributed by atoms with Crippen LogP contribution in [0.15, 0.2) is 22.7 Å². The molecule has 1 aromatic rings. The molecule has 94 valence electrons. The van der Waals surface area contributed by atoms with Crippen LogP contribution in [0, 0.1) is 5.82 Å². The standard InChI is InChI=1S/C12H16BrFN2O/c1-8(2)16-12(17)7-15-6-9-3-4-10(13)5-11(9)14/h3-5,8,15H,6-7H2,1-2H3,(H,16,17). The zero-order chi connectivity index (χ0) is 12.8. The summed E-state index contributed by atoms with van der Waals surface area (Å²) in [5, 5.41) is 5.65. The Balaban J connectivity index is 2.38. The zero-order valence-electron chi connectivity index (χ0n) is 9.89. The number of nitrogens with one attached hydrogen (secondary N) is 2. The Morgan fingerprint density at radius 3 is 2.76 bits per heavy atom. The third-order valence-electron chi connectivity index (χ3n) is 2.07. The molecule has 0 atom stereocenters. The normalized spacial score (nSPS) is 10.6. The lowest BCUT2D eigenvalue weighted by atomic mass is 10.2. The highest BCUT2D eigenvalue weighted by atomic mass is 79.9. The van der Waals surface area contributed by atoms with E-state index in [0.29, 0.717) is 16.6 Å². The van der Waals surface area contributed by atoms with Gasteiger partial charge >= 0.3 is 0 Å². The average Bonchev–Trinajstić information content (AvgIpc) is 2.20. The number of halogens is 2. The molecule has 0 aliphatic rings. The van der Waals surface area contributed by atoms with Crippen LogP contribution in [0.5, 0.6) is 0 Å². The maximum Gasteiger partial charge on any atom is 0.234 e. The Morgan fingerprint density at radius 1 is 1.47 bits per heavy atom. The third kappa shape index (κ3) is 5.28. The van der Waals surface area contributed by atoms with Gasteiger partial charge in [-0.25, -0.2) is 4.39 Å². The quantitative estimate of drug-likeness (QED) is 0.875. The second-order valence-electron chi connectivity index (χ2n) is 4.06.